The molecule has 0 aromatic heterocycles. The number of fused-ring (bicyclic) bond motifs is 1. The van der Waals surface area contributed by atoms with Crippen LogP contribution in [0, 0.1) is 6.92 Å². The minimum absolute atomic E-state index is 0.145. The third kappa shape index (κ3) is 3.26. The van der Waals surface area contributed by atoms with Crippen molar-refractivity contribution >= 4 is 12.0 Å². The molecule has 0 bridgehead atoms. The summed E-state index contributed by atoms with van der Waals surface area (Å²) in [5, 5.41) is 9.03. The van der Waals surface area contributed by atoms with Gasteiger partial charge in [0, 0.05) is 5.56 Å². The van der Waals surface area contributed by atoms with Gasteiger partial charge in [0.05, 0.1) is 5.57 Å². The van der Waals surface area contributed by atoms with E-state index in [1.165, 1.54) is 0 Å². The van der Waals surface area contributed by atoms with Crippen LogP contribution < -0.4 is 4.74 Å². The Morgan fingerprint density at radius 2 is 2.05 bits per heavy atom. The number of benzene rings is 1. The second-order valence-corrected chi connectivity index (χ2v) is 5.39. The van der Waals surface area contributed by atoms with Gasteiger partial charge in [0.15, 0.2) is 0 Å². The monoisotopic (exact) mass is 314 g/mol. The number of aliphatic carboxylic acids is 1. The molecular weight excluding hydrogens is 297 g/mol. The molecule has 0 amide bonds. The molecule has 1 N–H and O–H groups in total. The highest BCUT2D eigenvalue weighted by molar-refractivity contribution is 5.95. The fourth-order valence-corrected chi connectivity index (χ4v) is 2.52. The van der Waals surface area contributed by atoms with Gasteiger partial charge in [0.2, 0.25) is 6.10 Å². The summed E-state index contributed by atoms with van der Waals surface area (Å²) in [6, 6.07) is 3.43. The third-order valence-electron chi connectivity index (χ3n) is 3.51. The van der Waals surface area contributed by atoms with Crippen LogP contribution in [0.1, 0.15) is 36.5 Å². The van der Waals surface area contributed by atoms with Crippen LogP contribution in [0.5, 0.6) is 5.75 Å². The Hall–Kier alpha value is -1.98. The maximum Gasteiger partial charge on any atom is 0.430 e. The minimum atomic E-state index is -4.77. The largest absolute Gasteiger partial charge is 0.478 e. The Morgan fingerprint density at radius 3 is 2.59 bits per heavy atom. The predicted molar refractivity (Wildman–Crippen MR) is 75.9 cm³/mol. The summed E-state index contributed by atoms with van der Waals surface area (Å²) < 4.78 is 44.3. The van der Waals surface area contributed by atoms with Gasteiger partial charge in [0.25, 0.3) is 0 Å². The first-order valence-electron chi connectivity index (χ1n) is 7.05. The number of alkyl halides is 3. The van der Waals surface area contributed by atoms with E-state index in [9.17, 15) is 18.0 Å². The third-order valence-corrected chi connectivity index (χ3v) is 3.51. The first kappa shape index (κ1) is 16.4. The zero-order valence-corrected chi connectivity index (χ0v) is 12.3. The second-order valence-electron chi connectivity index (χ2n) is 5.39. The van der Waals surface area contributed by atoms with Gasteiger partial charge in [-0.3, -0.25) is 0 Å². The van der Waals surface area contributed by atoms with Crippen molar-refractivity contribution in [2.24, 2.45) is 0 Å². The average Bonchev–Trinajstić information content (AvgIpc) is 2.42. The highest BCUT2D eigenvalue weighted by atomic mass is 19.4. The molecule has 0 radical (unpaired) electrons. The quantitative estimate of drug-likeness (QED) is 0.909. The molecule has 22 heavy (non-hydrogen) atoms. The molecule has 0 aliphatic carbocycles. The molecule has 0 fully saturated rings. The van der Waals surface area contributed by atoms with E-state index in [1.807, 2.05) is 13.8 Å². The number of unbranched alkanes of at least 4 members (excludes halogenated alkanes) is 1. The lowest BCUT2D eigenvalue weighted by atomic mass is 9.95. The average molecular weight is 314 g/mol. The van der Waals surface area contributed by atoms with Crippen molar-refractivity contribution in [2.75, 3.05) is 0 Å². The van der Waals surface area contributed by atoms with E-state index in [1.54, 1.807) is 12.1 Å². The van der Waals surface area contributed by atoms with Crippen molar-refractivity contribution < 1.29 is 27.8 Å². The maximum atomic E-state index is 13.1. The van der Waals surface area contributed by atoms with Gasteiger partial charge in [-0.05, 0) is 43.0 Å². The van der Waals surface area contributed by atoms with E-state index >= 15 is 0 Å². The van der Waals surface area contributed by atoms with Crippen molar-refractivity contribution in [1.82, 2.24) is 0 Å². The summed E-state index contributed by atoms with van der Waals surface area (Å²) in [7, 11) is 0. The Labute approximate surface area is 126 Å². The molecule has 1 aliphatic rings. The van der Waals surface area contributed by atoms with E-state index in [2.05, 4.69) is 0 Å². The molecule has 2 rings (SSSR count). The normalized spacial score (nSPS) is 17.5. The van der Waals surface area contributed by atoms with Crippen molar-refractivity contribution in [3.63, 3.8) is 0 Å². The van der Waals surface area contributed by atoms with Gasteiger partial charge in [0.1, 0.15) is 5.75 Å². The molecule has 1 aromatic carbocycles. The predicted octanol–water partition coefficient (Wildman–Crippen LogP) is 4.13. The van der Waals surface area contributed by atoms with Gasteiger partial charge in [-0.25, -0.2) is 4.79 Å². The van der Waals surface area contributed by atoms with Crippen LogP contribution in [0.3, 0.4) is 0 Å². The van der Waals surface area contributed by atoms with E-state index < -0.39 is 23.8 Å². The lowest BCUT2D eigenvalue weighted by Gasteiger charge is -2.29. The van der Waals surface area contributed by atoms with Crippen molar-refractivity contribution in [3.8, 4) is 5.75 Å². The number of hydrogen-bond acceptors (Lipinski definition) is 2. The van der Waals surface area contributed by atoms with Crippen LogP contribution in [0.15, 0.2) is 17.7 Å². The summed E-state index contributed by atoms with van der Waals surface area (Å²) >= 11 is 0. The van der Waals surface area contributed by atoms with E-state index in [-0.39, 0.29) is 5.75 Å². The van der Waals surface area contributed by atoms with Gasteiger partial charge >= 0.3 is 12.1 Å². The minimum Gasteiger partial charge on any atom is -0.478 e. The molecule has 1 atom stereocenters. The van der Waals surface area contributed by atoms with E-state index in [4.69, 9.17) is 9.84 Å². The molecule has 0 saturated carbocycles. The van der Waals surface area contributed by atoms with Crippen LogP contribution in [0.4, 0.5) is 13.2 Å². The zero-order chi connectivity index (χ0) is 16.5. The number of aryl methyl sites for hydroxylation is 2. The van der Waals surface area contributed by atoms with Crippen molar-refractivity contribution in [2.45, 2.75) is 45.4 Å². The van der Waals surface area contributed by atoms with Crippen LogP contribution in [0.2, 0.25) is 0 Å². The number of hydrogen-bond donors (Lipinski definition) is 1. The molecule has 120 valence electrons. The fraction of sp³-hybridized carbons (Fsp3) is 0.438. The fourth-order valence-electron chi connectivity index (χ4n) is 2.52. The van der Waals surface area contributed by atoms with Gasteiger partial charge in [-0.15, -0.1) is 0 Å². The molecule has 0 saturated heterocycles. The number of carboxylic acids is 1. The number of carboxylic acid groups (broad SMARTS) is 1. The Kier molecular flexibility index (Phi) is 4.49. The van der Waals surface area contributed by atoms with Crippen molar-refractivity contribution in [1.29, 1.82) is 0 Å². The lowest BCUT2D eigenvalue weighted by molar-refractivity contribution is -0.187. The zero-order valence-electron chi connectivity index (χ0n) is 12.3. The van der Waals surface area contributed by atoms with Crippen molar-refractivity contribution in [3.05, 3.63) is 34.4 Å². The first-order chi connectivity index (χ1) is 10.2. The first-order valence-corrected chi connectivity index (χ1v) is 7.05. The molecule has 1 aliphatic heterocycles. The van der Waals surface area contributed by atoms with Gasteiger partial charge < -0.3 is 9.84 Å². The summed E-state index contributed by atoms with van der Waals surface area (Å²) in [5.74, 6) is -1.48. The van der Waals surface area contributed by atoms with Crippen LogP contribution in [0.25, 0.3) is 6.08 Å². The summed E-state index contributed by atoms with van der Waals surface area (Å²) in [6.45, 7) is 3.81. The Morgan fingerprint density at radius 1 is 1.36 bits per heavy atom. The topological polar surface area (TPSA) is 46.5 Å². The molecule has 1 unspecified atom stereocenters. The lowest BCUT2D eigenvalue weighted by Crippen LogP contribution is -2.40. The SMILES string of the molecule is CCCCc1cc(C)cc2c1OC(C(F)(F)F)C(C(=O)O)=C2. The van der Waals surface area contributed by atoms with E-state index in [0.717, 1.165) is 24.5 Å². The van der Waals surface area contributed by atoms with E-state index in [0.29, 0.717) is 17.5 Å². The highest BCUT2D eigenvalue weighted by Crippen LogP contribution is 2.40. The molecule has 1 aromatic rings. The number of halogens is 3. The molecule has 6 heteroatoms. The van der Waals surface area contributed by atoms with Gasteiger partial charge in [-0.1, -0.05) is 19.4 Å². The molecule has 3 nitrogen and oxygen atoms in total. The second kappa shape index (κ2) is 6.02. The van der Waals surface area contributed by atoms with Gasteiger partial charge in [-0.2, -0.15) is 13.2 Å². The Bertz CT molecular complexity index is 618. The van der Waals surface area contributed by atoms with Crippen LogP contribution in [-0.2, 0) is 11.2 Å². The highest BCUT2D eigenvalue weighted by Gasteiger charge is 2.48. The molecule has 1 heterocycles. The number of rotatable bonds is 4. The number of ether oxygens (including phenoxy) is 1. The smallest absolute Gasteiger partial charge is 0.430 e. The molecular formula is C16H17F3O3. The maximum absolute atomic E-state index is 13.1. The Balaban J connectivity index is 2.54. The summed E-state index contributed by atoms with van der Waals surface area (Å²) in [6.07, 6.45) is -3.80. The summed E-state index contributed by atoms with van der Waals surface area (Å²) in [4.78, 5) is 11.1. The van der Waals surface area contributed by atoms with Crippen LogP contribution >= 0.6 is 0 Å². The molecule has 0 spiro atoms. The summed E-state index contributed by atoms with van der Waals surface area (Å²) in [5.41, 5.74) is 1.16. The van der Waals surface area contributed by atoms with Crippen LogP contribution in [-0.4, -0.2) is 23.4 Å². The number of carbonyl (C=O) groups is 1. The standard InChI is InChI=1S/C16H17F3O3/c1-3-4-5-10-6-9(2)7-11-8-12(15(20)21)14(16(17,18)19)22-13(10)11/h6-8,14H,3-5H2,1-2H3,(H,20,21).